The van der Waals surface area contributed by atoms with Crippen LogP contribution >= 0.6 is 0 Å². The molecule has 7 rings (SSSR count). The van der Waals surface area contributed by atoms with E-state index in [0.717, 1.165) is 56.3 Å². The van der Waals surface area contributed by atoms with Gasteiger partial charge in [-0.25, -0.2) is 0 Å². The highest BCUT2D eigenvalue weighted by Crippen LogP contribution is 2.90. The first kappa shape index (κ1) is 28.3. The number of aliphatic hydroxyl groups excluding tert-OH is 2. The monoisotopic (exact) mass is 561 g/mol. The lowest BCUT2D eigenvalue weighted by molar-refractivity contribution is -0.131. The van der Waals surface area contributed by atoms with E-state index in [1.165, 1.54) is 12.8 Å². The van der Waals surface area contributed by atoms with Crippen LogP contribution in [0.3, 0.4) is 0 Å². The topological polar surface area (TPSA) is 82.9 Å². The summed E-state index contributed by atoms with van der Waals surface area (Å²) in [6, 6.07) is 3.90. The molecule has 0 bridgehead atoms. The second kappa shape index (κ2) is 9.01. The number of carbonyl (C=O) groups excluding carboxylic acids is 1. The number of hydrogen-bond donors (Lipinski definition) is 2. The smallest absolute Gasteiger partial charge is 0.219 e. The Balaban J connectivity index is 1.16. The number of carbonyl (C=O) groups is 1. The molecule has 6 nitrogen and oxygen atoms in total. The zero-order valence-corrected chi connectivity index (χ0v) is 25.9. The van der Waals surface area contributed by atoms with Gasteiger partial charge in [-0.15, -0.1) is 0 Å². The highest BCUT2D eigenvalue weighted by molar-refractivity contribution is 5.73. The van der Waals surface area contributed by atoms with Gasteiger partial charge in [0.1, 0.15) is 12.2 Å². The molecule has 5 saturated carbocycles. The summed E-state index contributed by atoms with van der Waals surface area (Å²) < 4.78 is 6.74. The van der Waals surface area contributed by atoms with Crippen LogP contribution in [-0.4, -0.2) is 44.8 Å². The minimum atomic E-state index is -0.636. The molecule has 6 fully saturated rings. The number of pyridine rings is 1. The molecule has 2 N–H and O–H groups in total. The van der Waals surface area contributed by atoms with Crippen LogP contribution in [0.25, 0.3) is 0 Å². The van der Waals surface area contributed by atoms with Gasteiger partial charge in [-0.1, -0.05) is 40.7 Å². The first-order valence-electron chi connectivity index (χ1n) is 16.1. The van der Waals surface area contributed by atoms with E-state index in [1.807, 2.05) is 23.2 Å². The fourth-order valence-electron chi connectivity index (χ4n) is 11.8. The molecule has 1 saturated heterocycles. The van der Waals surface area contributed by atoms with Crippen molar-refractivity contribution in [2.75, 3.05) is 6.54 Å². The van der Waals surface area contributed by atoms with E-state index in [1.54, 1.807) is 19.0 Å². The third kappa shape index (κ3) is 3.53. The lowest BCUT2D eigenvalue weighted by atomic mass is 9.41. The molecule has 0 aromatic carbocycles. The largest absolute Gasteiger partial charge is 0.393 e. The fourth-order valence-corrected chi connectivity index (χ4v) is 11.8. The number of amides is 1. The molecule has 6 aliphatic rings. The maximum atomic E-state index is 12.6. The first-order valence-corrected chi connectivity index (χ1v) is 16.1. The summed E-state index contributed by atoms with van der Waals surface area (Å²) in [4.78, 5) is 18.7. The van der Waals surface area contributed by atoms with Crippen LogP contribution in [0.5, 0.6) is 0 Å². The number of rotatable bonds is 4. The van der Waals surface area contributed by atoms with Gasteiger partial charge in [-0.05, 0) is 102 Å². The van der Waals surface area contributed by atoms with Gasteiger partial charge in [0, 0.05) is 37.2 Å². The van der Waals surface area contributed by atoms with Gasteiger partial charge in [0.05, 0.1) is 18.8 Å². The molecule has 2 heterocycles. The SMILES string of the molecule is CC(=O)N(C[C]1C[C@@H](C)[C@H]2[C](O1)[C@H](O)[C@@]1(C)[C]3CC[C@H]4C(C)(C)[C@@H](O)CC[C@@]45C[C@@]35CC[C@]21C)Cc1cccnc1. The molecule has 1 amide bonds. The van der Waals surface area contributed by atoms with Crippen molar-refractivity contribution in [3.05, 3.63) is 48.2 Å². The van der Waals surface area contributed by atoms with Gasteiger partial charge in [0.25, 0.3) is 0 Å². The van der Waals surface area contributed by atoms with Crippen LogP contribution in [-0.2, 0) is 16.1 Å². The molecule has 1 aromatic rings. The molecule has 0 unspecified atom stereocenters. The van der Waals surface area contributed by atoms with E-state index in [0.29, 0.717) is 30.3 Å². The van der Waals surface area contributed by atoms with E-state index in [2.05, 4.69) is 39.6 Å². The Bertz CT molecular complexity index is 1210. The first-order chi connectivity index (χ1) is 19.3. The van der Waals surface area contributed by atoms with Crippen molar-refractivity contribution in [3.63, 3.8) is 0 Å². The number of hydrogen-bond acceptors (Lipinski definition) is 5. The lowest BCUT2D eigenvalue weighted by Gasteiger charge is -2.63. The summed E-state index contributed by atoms with van der Waals surface area (Å²) in [7, 11) is 0. The van der Waals surface area contributed by atoms with Crippen molar-refractivity contribution in [2.45, 2.75) is 112 Å². The summed E-state index contributed by atoms with van der Waals surface area (Å²) in [5.74, 6) is 2.73. The number of ether oxygens (including phenoxy) is 1. The third-order valence-electron chi connectivity index (χ3n) is 14.0. The highest BCUT2D eigenvalue weighted by Gasteiger charge is 2.85. The van der Waals surface area contributed by atoms with E-state index in [4.69, 9.17) is 4.74 Å². The summed E-state index contributed by atoms with van der Waals surface area (Å²) >= 11 is 0. The van der Waals surface area contributed by atoms with Crippen molar-refractivity contribution >= 4 is 5.91 Å². The minimum absolute atomic E-state index is 0.0121. The van der Waals surface area contributed by atoms with Crippen LogP contribution in [0.15, 0.2) is 24.5 Å². The van der Waals surface area contributed by atoms with Crippen LogP contribution in [0.4, 0.5) is 0 Å². The Kier molecular flexibility index (Phi) is 6.22. The number of aliphatic hydroxyl groups is 2. The van der Waals surface area contributed by atoms with Crippen molar-refractivity contribution in [1.82, 2.24) is 9.88 Å². The molecule has 41 heavy (non-hydrogen) atoms. The van der Waals surface area contributed by atoms with E-state index in [9.17, 15) is 15.0 Å². The van der Waals surface area contributed by atoms with Gasteiger partial charge >= 0.3 is 0 Å². The fraction of sp³-hybridized carbons (Fsp3) is 0.743. The van der Waals surface area contributed by atoms with Gasteiger partial charge in [0.15, 0.2) is 0 Å². The lowest BCUT2D eigenvalue weighted by Crippen LogP contribution is -2.58. The second-order valence-corrected chi connectivity index (χ2v) is 15.8. The Morgan fingerprint density at radius 3 is 2.61 bits per heavy atom. The van der Waals surface area contributed by atoms with Crippen molar-refractivity contribution in [2.24, 2.45) is 44.8 Å². The van der Waals surface area contributed by atoms with Crippen molar-refractivity contribution < 1.29 is 19.7 Å². The number of aromatic nitrogens is 1. The average molecular weight is 562 g/mol. The van der Waals surface area contributed by atoms with Gasteiger partial charge < -0.3 is 19.8 Å². The average Bonchev–Trinajstić information content (AvgIpc) is 3.56. The van der Waals surface area contributed by atoms with Crippen molar-refractivity contribution in [1.29, 1.82) is 0 Å². The quantitative estimate of drug-likeness (QED) is 0.479. The number of fused-ring (bicyclic) bond motifs is 4. The molecule has 223 valence electrons. The summed E-state index contributed by atoms with van der Waals surface area (Å²) in [6.07, 6.45) is 13.0. The highest BCUT2D eigenvalue weighted by atomic mass is 16.5. The molecular weight excluding hydrogens is 512 g/mol. The van der Waals surface area contributed by atoms with Gasteiger partial charge in [0.2, 0.25) is 5.91 Å². The Labute approximate surface area is 246 Å². The van der Waals surface area contributed by atoms with Crippen LogP contribution in [0, 0.1) is 63.0 Å². The van der Waals surface area contributed by atoms with Crippen LogP contribution in [0.2, 0.25) is 0 Å². The molecular formula is C35H49N2O4. The van der Waals surface area contributed by atoms with Gasteiger partial charge in [-0.2, -0.15) is 0 Å². The van der Waals surface area contributed by atoms with Crippen molar-refractivity contribution in [3.8, 4) is 0 Å². The summed E-state index contributed by atoms with van der Waals surface area (Å²) in [5, 5.41) is 23.3. The molecule has 1 aliphatic heterocycles. The molecule has 1 aromatic heterocycles. The molecule has 3 radical (unpaired) electrons. The zero-order chi connectivity index (χ0) is 29.2. The molecule has 5 aliphatic carbocycles. The van der Waals surface area contributed by atoms with E-state index >= 15 is 0 Å². The Morgan fingerprint density at radius 1 is 1.12 bits per heavy atom. The standard InChI is InChI=1S/C35H49N2O4/c1-21-16-24(19-37(22(2)38)18-23-8-7-15-36-17-23)41-29-28(21)32(5)13-14-35-20-34(35)12-11-27(39)31(3,4)25(34)9-10-26(35)33(32,6)30(29)40/h7-8,15,17,21,25,27-28,30,39-40H,9-14,16,18-20H2,1-6H3/t21-,25+,27+,28+,30+,32-,33-,34-,35+/m1/s1. The molecule has 2 spiro atoms. The van der Waals surface area contributed by atoms with E-state index in [-0.39, 0.29) is 39.6 Å². The Morgan fingerprint density at radius 2 is 1.90 bits per heavy atom. The molecule has 9 atom stereocenters. The maximum Gasteiger partial charge on any atom is 0.219 e. The second-order valence-electron chi connectivity index (χ2n) is 15.8. The van der Waals surface area contributed by atoms with Crippen LogP contribution < -0.4 is 0 Å². The van der Waals surface area contributed by atoms with Gasteiger partial charge in [-0.3, -0.25) is 9.78 Å². The van der Waals surface area contributed by atoms with E-state index < -0.39 is 6.10 Å². The minimum Gasteiger partial charge on any atom is -0.393 e. The normalized spacial score (nSPS) is 47.0. The Hall–Kier alpha value is -1.50. The summed E-state index contributed by atoms with van der Waals surface area (Å²) in [6.45, 7) is 14.3. The molecule has 6 heteroatoms. The summed E-state index contributed by atoms with van der Waals surface area (Å²) in [5.41, 5.74) is 1.08. The maximum absolute atomic E-state index is 12.6. The predicted octanol–water partition coefficient (Wildman–Crippen LogP) is 5.89. The predicted molar refractivity (Wildman–Crippen MR) is 156 cm³/mol. The zero-order valence-electron chi connectivity index (χ0n) is 25.9. The third-order valence-corrected chi connectivity index (χ3v) is 14.0. The van der Waals surface area contributed by atoms with Crippen LogP contribution in [0.1, 0.15) is 98.5 Å². The number of nitrogens with zero attached hydrogens (tertiary/aromatic N) is 2.